The van der Waals surface area contributed by atoms with Crippen molar-refractivity contribution in [3.8, 4) is 5.75 Å². The number of ether oxygens (including phenoxy) is 2. The lowest BCUT2D eigenvalue weighted by molar-refractivity contribution is -0.142. The second kappa shape index (κ2) is 8.55. The van der Waals surface area contributed by atoms with Gasteiger partial charge in [-0.05, 0) is 31.2 Å². The Labute approximate surface area is 119 Å². The molecule has 0 aromatic heterocycles. The molecular formula is C15H23NO4. The Balaban J connectivity index is 2.69. The molecule has 1 rings (SSSR count). The fraction of sp³-hybridized carbons (Fsp3) is 0.533. The molecule has 0 heterocycles. The summed E-state index contributed by atoms with van der Waals surface area (Å²) in [4.78, 5) is 11.3. The first kappa shape index (κ1) is 16.5. The summed E-state index contributed by atoms with van der Waals surface area (Å²) in [5, 5.41) is 13.2. The highest BCUT2D eigenvalue weighted by molar-refractivity contribution is 5.70. The summed E-state index contributed by atoms with van der Waals surface area (Å²) < 4.78 is 10.1. The van der Waals surface area contributed by atoms with Crippen LogP contribution in [-0.2, 0) is 9.53 Å². The van der Waals surface area contributed by atoms with Crippen molar-refractivity contribution in [3.63, 3.8) is 0 Å². The van der Waals surface area contributed by atoms with E-state index in [2.05, 4.69) is 10.1 Å². The highest BCUT2D eigenvalue weighted by Gasteiger charge is 2.22. The Kier molecular flexibility index (Phi) is 7.04. The van der Waals surface area contributed by atoms with Gasteiger partial charge in [0.2, 0.25) is 0 Å². The Hall–Kier alpha value is -1.59. The van der Waals surface area contributed by atoms with Gasteiger partial charge in [-0.1, -0.05) is 19.1 Å². The van der Waals surface area contributed by atoms with E-state index in [0.29, 0.717) is 6.61 Å². The van der Waals surface area contributed by atoms with Gasteiger partial charge in [-0.15, -0.1) is 0 Å². The molecule has 1 aromatic rings. The van der Waals surface area contributed by atoms with Gasteiger partial charge in [0.25, 0.3) is 0 Å². The van der Waals surface area contributed by atoms with Crippen LogP contribution in [0.4, 0.5) is 0 Å². The molecule has 0 fully saturated rings. The maximum atomic E-state index is 11.3. The van der Waals surface area contributed by atoms with Crippen molar-refractivity contribution in [1.29, 1.82) is 0 Å². The van der Waals surface area contributed by atoms with E-state index >= 15 is 0 Å². The van der Waals surface area contributed by atoms with E-state index in [1.165, 1.54) is 7.11 Å². The zero-order chi connectivity index (χ0) is 15.0. The highest BCUT2D eigenvalue weighted by Crippen LogP contribution is 2.22. The van der Waals surface area contributed by atoms with E-state index < -0.39 is 6.10 Å². The molecule has 2 unspecified atom stereocenters. The molecule has 0 aliphatic heterocycles. The minimum Gasteiger partial charge on any atom is -0.494 e. The molecular weight excluding hydrogens is 258 g/mol. The molecule has 0 aliphatic rings. The summed E-state index contributed by atoms with van der Waals surface area (Å²) in [7, 11) is 3.04. The molecule has 112 valence electrons. The molecule has 0 amide bonds. The first-order valence-corrected chi connectivity index (χ1v) is 6.77. The lowest BCUT2D eigenvalue weighted by atomic mass is 10.00. The Morgan fingerprint density at radius 3 is 2.50 bits per heavy atom. The molecule has 1 aromatic carbocycles. The maximum absolute atomic E-state index is 11.3. The zero-order valence-corrected chi connectivity index (χ0v) is 12.3. The normalized spacial score (nSPS) is 13.6. The van der Waals surface area contributed by atoms with Crippen molar-refractivity contribution in [2.75, 3.05) is 20.8 Å². The third-order valence-electron chi connectivity index (χ3n) is 3.06. The van der Waals surface area contributed by atoms with E-state index in [1.54, 1.807) is 19.2 Å². The van der Waals surface area contributed by atoms with Crippen LogP contribution in [0.1, 0.15) is 31.4 Å². The van der Waals surface area contributed by atoms with Crippen LogP contribution in [0.5, 0.6) is 5.75 Å². The van der Waals surface area contributed by atoms with E-state index in [1.807, 2.05) is 19.1 Å². The summed E-state index contributed by atoms with van der Waals surface area (Å²) in [5.41, 5.74) is 0.733. The monoisotopic (exact) mass is 281 g/mol. The lowest BCUT2D eigenvalue weighted by Crippen LogP contribution is -2.34. The van der Waals surface area contributed by atoms with Crippen LogP contribution in [0.25, 0.3) is 0 Å². The smallest absolute Gasteiger partial charge is 0.307 e. The number of likely N-dealkylation sites (N-methyl/N-ethyl adjacent to an activating group) is 1. The number of carbonyl (C=O) groups is 1. The number of hydrogen-bond acceptors (Lipinski definition) is 5. The van der Waals surface area contributed by atoms with Crippen LogP contribution in [0.3, 0.4) is 0 Å². The number of carbonyl (C=O) groups excluding carboxylic acids is 1. The van der Waals surface area contributed by atoms with Crippen LogP contribution < -0.4 is 10.1 Å². The fourth-order valence-electron chi connectivity index (χ4n) is 1.85. The molecule has 20 heavy (non-hydrogen) atoms. The van der Waals surface area contributed by atoms with Crippen LogP contribution >= 0.6 is 0 Å². The molecule has 2 N–H and O–H groups in total. The number of methoxy groups -OCH3 is 1. The van der Waals surface area contributed by atoms with Crippen LogP contribution in [0.15, 0.2) is 24.3 Å². The van der Waals surface area contributed by atoms with Gasteiger partial charge in [0, 0.05) is 6.04 Å². The second-order valence-electron chi connectivity index (χ2n) is 4.54. The predicted octanol–water partition coefficient (Wildman–Crippen LogP) is 1.66. The van der Waals surface area contributed by atoms with Crippen molar-refractivity contribution >= 4 is 5.97 Å². The first-order chi connectivity index (χ1) is 9.62. The van der Waals surface area contributed by atoms with Crippen molar-refractivity contribution in [2.45, 2.75) is 31.9 Å². The number of benzene rings is 1. The number of esters is 1. The van der Waals surface area contributed by atoms with E-state index in [9.17, 15) is 9.90 Å². The Bertz CT molecular complexity index is 405. The van der Waals surface area contributed by atoms with Crippen molar-refractivity contribution in [3.05, 3.63) is 29.8 Å². The number of aliphatic hydroxyl groups is 1. The van der Waals surface area contributed by atoms with Crippen molar-refractivity contribution in [1.82, 2.24) is 5.32 Å². The van der Waals surface area contributed by atoms with Crippen LogP contribution in [0.2, 0.25) is 0 Å². The quantitative estimate of drug-likeness (QED) is 0.709. The summed E-state index contributed by atoms with van der Waals surface area (Å²) in [5.74, 6) is 0.420. The average Bonchev–Trinajstić information content (AvgIpc) is 2.50. The number of hydrogen-bond donors (Lipinski definition) is 2. The van der Waals surface area contributed by atoms with Crippen molar-refractivity contribution < 1.29 is 19.4 Å². The summed E-state index contributed by atoms with van der Waals surface area (Å²) in [6, 6.07) is 6.86. The summed E-state index contributed by atoms with van der Waals surface area (Å²) in [6.45, 7) is 2.71. The molecule has 0 saturated heterocycles. The van der Waals surface area contributed by atoms with Gasteiger partial charge < -0.3 is 19.9 Å². The van der Waals surface area contributed by atoms with Crippen molar-refractivity contribution in [2.24, 2.45) is 0 Å². The number of rotatable bonds is 8. The van der Waals surface area contributed by atoms with Gasteiger partial charge >= 0.3 is 5.97 Å². The third-order valence-corrected chi connectivity index (χ3v) is 3.06. The number of aliphatic hydroxyl groups excluding tert-OH is 1. The largest absolute Gasteiger partial charge is 0.494 e. The average molecular weight is 281 g/mol. The van der Waals surface area contributed by atoms with E-state index in [4.69, 9.17) is 4.74 Å². The Morgan fingerprint density at radius 1 is 1.35 bits per heavy atom. The van der Waals surface area contributed by atoms with Gasteiger partial charge in [-0.3, -0.25) is 4.79 Å². The second-order valence-corrected chi connectivity index (χ2v) is 4.54. The van der Waals surface area contributed by atoms with Gasteiger partial charge in [0.05, 0.1) is 26.2 Å². The summed E-state index contributed by atoms with van der Waals surface area (Å²) in [6.07, 6.45) is 0.285. The molecule has 0 radical (unpaired) electrons. The van der Waals surface area contributed by atoms with Crippen LogP contribution in [-0.4, -0.2) is 37.9 Å². The van der Waals surface area contributed by atoms with Gasteiger partial charge in [-0.2, -0.15) is 0 Å². The standard InChI is InChI=1S/C15H23NO4/c1-4-9-20-12-7-5-11(6-8-12)15(18)13(16-2)10-14(17)19-3/h5-8,13,15-16,18H,4,9-10H2,1-3H3. The zero-order valence-electron chi connectivity index (χ0n) is 12.3. The molecule has 2 atom stereocenters. The van der Waals surface area contributed by atoms with Gasteiger partial charge in [0.15, 0.2) is 0 Å². The van der Waals surface area contributed by atoms with Gasteiger partial charge in [-0.25, -0.2) is 0 Å². The fourth-order valence-corrected chi connectivity index (χ4v) is 1.85. The van der Waals surface area contributed by atoms with Crippen LogP contribution in [0, 0.1) is 0 Å². The Morgan fingerprint density at radius 2 is 2.00 bits per heavy atom. The topological polar surface area (TPSA) is 67.8 Å². The predicted molar refractivity (Wildman–Crippen MR) is 76.7 cm³/mol. The third kappa shape index (κ3) is 4.83. The molecule has 5 heteroatoms. The lowest BCUT2D eigenvalue weighted by Gasteiger charge is -2.22. The molecule has 0 bridgehead atoms. The minimum atomic E-state index is -0.778. The van der Waals surface area contributed by atoms with E-state index in [0.717, 1.165) is 17.7 Å². The first-order valence-electron chi connectivity index (χ1n) is 6.77. The number of nitrogens with one attached hydrogen (secondary N) is 1. The molecule has 5 nitrogen and oxygen atoms in total. The molecule has 0 saturated carbocycles. The van der Waals surface area contributed by atoms with Gasteiger partial charge in [0.1, 0.15) is 5.75 Å². The summed E-state index contributed by atoms with van der Waals surface area (Å²) >= 11 is 0. The molecule has 0 spiro atoms. The SMILES string of the molecule is CCCOc1ccc(C(O)C(CC(=O)OC)NC)cc1. The highest BCUT2D eigenvalue weighted by atomic mass is 16.5. The van der Waals surface area contributed by atoms with E-state index in [-0.39, 0.29) is 18.4 Å². The minimum absolute atomic E-state index is 0.113. The molecule has 0 aliphatic carbocycles. The maximum Gasteiger partial charge on any atom is 0.307 e.